The van der Waals surface area contributed by atoms with Gasteiger partial charge < -0.3 is 9.84 Å². The SMILES string of the molecule is [2H]C([2H])([2H])C=C1[C@H]2C=C(C)C[C@]1(C(=O)O)c1ccc(OC)nc1C2. The van der Waals surface area contributed by atoms with Crippen LogP contribution in [0.4, 0.5) is 0 Å². The Bertz CT molecular complexity index is 767. The second-order valence-electron chi connectivity index (χ2n) is 5.66. The summed E-state index contributed by atoms with van der Waals surface area (Å²) in [5.41, 5.74) is 1.25. The van der Waals surface area contributed by atoms with Gasteiger partial charge in [0.1, 0.15) is 5.41 Å². The number of hydrogen-bond acceptors (Lipinski definition) is 3. The number of carbonyl (C=O) groups is 1. The molecule has 0 saturated carbocycles. The molecular weight excluding hydrogens is 266 g/mol. The van der Waals surface area contributed by atoms with Gasteiger partial charge in [0.25, 0.3) is 0 Å². The van der Waals surface area contributed by atoms with Crippen LogP contribution < -0.4 is 4.74 Å². The number of carboxylic acid groups (broad SMARTS) is 1. The molecule has 1 N–H and O–H groups in total. The summed E-state index contributed by atoms with van der Waals surface area (Å²) in [5.74, 6) is -0.887. The third-order valence-corrected chi connectivity index (χ3v) is 4.47. The van der Waals surface area contributed by atoms with Gasteiger partial charge in [0, 0.05) is 22.5 Å². The summed E-state index contributed by atoms with van der Waals surface area (Å²) in [4.78, 5) is 16.8. The fourth-order valence-corrected chi connectivity index (χ4v) is 3.64. The topological polar surface area (TPSA) is 59.4 Å². The molecule has 21 heavy (non-hydrogen) atoms. The highest BCUT2D eigenvalue weighted by atomic mass is 16.5. The molecule has 4 nitrogen and oxygen atoms in total. The summed E-state index contributed by atoms with van der Waals surface area (Å²) < 4.78 is 27.9. The molecule has 0 unspecified atom stereocenters. The minimum Gasteiger partial charge on any atom is -0.481 e. The molecule has 0 fully saturated rings. The minimum absolute atomic E-state index is 0.252. The van der Waals surface area contributed by atoms with Gasteiger partial charge in [-0.2, -0.15) is 0 Å². The fourth-order valence-electron chi connectivity index (χ4n) is 3.64. The molecule has 2 aliphatic carbocycles. The average molecular weight is 288 g/mol. The van der Waals surface area contributed by atoms with Gasteiger partial charge >= 0.3 is 5.97 Å². The van der Waals surface area contributed by atoms with E-state index in [1.807, 2.05) is 13.0 Å². The summed E-state index contributed by atoms with van der Waals surface area (Å²) >= 11 is 0. The number of fused-ring (bicyclic) bond motifs is 4. The van der Waals surface area contributed by atoms with Gasteiger partial charge in [-0.25, -0.2) is 4.98 Å². The van der Waals surface area contributed by atoms with Crippen LogP contribution in [0.25, 0.3) is 0 Å². The van der Waals surface area contributed by atoms with E-state index in [-0.39, 0.29) is 12.3 Å². The van der Waals surface area contributed by atoms with Crippen molar-refractivity contribution in [2.45, 2.75) is 32.0 Å². The fraction of sp³-hybridized carbons (Fsp3) is 0.412. The van der Waals surface area contributed by atoms with Crippen molar-refractivity contribution in [2.24, 2.45) is 5.92 Å². The van der Waals surface area contributed by atoms with E-state index in [2.05, 4.69) is 4.98 Å². The first-order chi connectivity index (χ1) is 11.2. The van der Waals surface area contributed by atoms with Crippen molar-refractivity contribution in [3.8, 4) is 5.88 Å². The first-order valence-electron chi connectivity index (χ1n) is 8.35. The highest BCUT2D eigenvalue weighted by molar-refractivity contribution is 5.88. The van der Waals surface area contributed by atoms with Gasteiger partial charge in [0.2, 0.25) is 5.88 Å². The number of methoxy groups -OCH3 is 1. The van der Waals surface area contributed by atoms with E-state index in [1.54, 1.807) is 12.1 Å². The summed E-state index contributed by atoms with van der Waals surface area (Å²) in [6.45, 7) is -0.441. The normalized spacial score (nSPS) is 31.5. The molecule has 1 aromatic rings. The van der Waals surface area contributed by atoms with E-state index in [9.17, 15) is 9.90 Å². The van der Waals surface area contributed by atoms with E-state index < -0.39 is 18.2 Å². The highest BCUT2D eigenvalue weighted by Gasteiger charge is 2.52. The van der Waals surface area contributed by atoms with Gasteiger partial charge in [-0.3, -0.25) is 4.79 Å². The average Bonchev–Trinajstić information content (AvgIpc) is 2.46. The molecule has 0 radical (unpaired) electrons. The molecular formula is C17H19NO3. The predicted molar refractivity (Wildman–Crippen MR) is 79.4 cm³/mol. The number of pyridine rings is 1. The first kappa shape index (κ1) is 10.6. The zero-order chi connectivity index (χ0) is 17.7. The van der Waals surface area contributed by atoms with Crippen molar-refractivity contribution in [1.29, 1.82) is 0 Å². The van der Waals surface area contributed by atoms with E-state index in [1.165, 1.54) is 7.11 Å². The number of allylic oxidation sites excluding steroid dienone is 3. The number of carboxylic acids is 1. The highest BCUT2D eigenvalue weighted by Crippen LogP contribution is 2.51. The van der Waals surface area contributed by atoms with Gasteiger partial charge in [0.05, 0.1) is 12.8 Å². The van der Waals surface area contributed by atoms with Crippen LogP contribution in [0, 0.1) is 5.92 Å². The van der Waals surface area contributed by atoms with Crippen molar-refractivity contribution in [3.05, 3.63) is 46.7 Å². The molecule has 2 atom stereocenters. The molecule has 0 saturated heterocycles. The zero-order valence-electron chi connectivity index (χ0n) is 15.0. The number of ether oxygens (including phenoxy) is 1. The van der Waals surface area contributed by atoms with Gasteiger partial charge in [-0.15, -0.1) is 0 Å². The van der Waals surface area contributed by atoms with Gasteiger partial charge in [0.15, 0.2) is 0 Å². The zero-order valence-corrected chi connectivity index (χ0v) is 12.0. The van der Waals surface area contributed by atoms with E-state index in [0.29, 0.717) is 29.1 Å². The maximum Gasteiger partial charge on any atom is 0.318 e. The monoisotopic (exact) mass is 288 g/mol. The number of aromatic nitrogens is 1. The lowest BCUT2D eigenvalue weighted by molar-refractivity contribution is -0.142. The summed E-state index contributed by atoms with van der Waals surface area (Å²) in [5, 5.41) is 10.1. The molecule has 1 heterocycles. The van der Waals surface area contributed by atoms with Crippen molar-refractivity contribution in [3.63, 3.8) is 0 Å². The van der Waals surface area contributed by atoms with E-state index in [4.69, 9.17) is 8.85 Å². The molecule has 0 aliphatic heterocycles. The predicted octanol–water partition coefficient (Wildman–Crippen LogP) is 2.88. The third-order valence-electron chi connectivity index (χ3n) is 4.47. The van der Waals surface area contributed by atoms with Crippen LogP contribution in [0.5, 0.6) is 5.88 Å². The molecule has 0 aromatic carbocycles. The van der Waals surface area contributed by atoms with Crippen LogP contribution >= 0.6 is 0 Å². The first-order valence-corrected chi connectivity index (χ1v) is 6.85. The Hall–Kier alpha value is -2.10. The molecule has 0 spiro atoms. The van der Waals surface area contributed by atoms with Crippen LogP contribution in [0.3, 0.4) is 0 Å². The Morgan fingerprint density at radius 1 is 1.62 bits per heavy atom. The lowest BCUT2D eigenvalue weighted by Gasteiger charge is -2.44. The lowest BCUT2D eigenvalue weighted by Crippen LogP contribution is -2.46. The third kappa shape index (κ3) is 1.82. The Morgan fingerprint density at radius 3 is 3.10 bits per heavy atom. The van der Waals surface area contributed by atoms with Crippen molar-refractivity contribution < 1.29 is 18.8 Å². The Labute approximate surface area is 128 Å². The van der Waals surface area contributed by atoms with Crippen LogP contribution in [0.2, 0.25) is 0 Å². The molecule has 0 amide bonds. The van der Waals surface area contributed by atoms with E-state index in [0.717, 1.165) is 11.6 Å². The maximum atomic E-state index is 12.3. The van der Waals surface area contributed by atoms with Crippen LogP contribution in [-0.4, -0.2) is 23.2 Å². The van der Waals surface area contributed by atoms with Crippen molar-refractivity contribution in [2.75, 3.05) is 7.11 Å². The Balaban J connectivity index is 2.31. The second kappa shape index (κ2) is 4.72. The lowest BCUT2D eigenvalue weighted by atomic mass is 9.58. The second-order valence-corrected chi connectivity index (χ2v) is 5.66. The smallest absolute Gasteiger partial charge is 0.318 e. The summed E-state index contributed by atoms with van der Waals surface area (Å²) in [6.07, 6.45) is 3.84. The molecule has 4 heteroatoms. The van der Waals surface area contributed by atoms with Gasteiger partial charge in [-0.1, -0.05) is 23.8 Å². The number of nitrogens with zero attached hydrogens (tertiary/aromatic N) is 1. The summed E-state index contributed by atoms with van der Waals surface area (Å²) in [6, 6.07) is 3.34. The van der Waals surface area contributed by atoms with Crippen LogP contribution in [0.15, 0.2) is 35.4 Å². The van der Waals surface area contributed by atoms with E-state index >= 15 is 0 Å². The maximum absolute atomic E-state index is 12.3. The van der Waals surface area contributed by atoms with Crippen LogP contribution in [-0.2, 0) is 16.6 Å². The number of aliphatic carboxylic acids is 1. The molecule has 3 rings (SSSR count). The molecule has 110 valence electrons. The van der Waals surface area contributed by atoms with Crippen molar-refractivity contribution in [1.82, 2.24) is 4.98 Å². The standard InChI is InChI=1S/C17H19NO3/c1-4-12-11-7-10(2)9-17(12,16(19)20)13-5-6-15(21-3)18-14(13)8-11/h4-7,11H,8-9H2,1-3H3,(H,19,20)/t11-,17+/m0/s1/i1D3. The number of rotatable bonds is 2. The molecule has 1 aromatic heterocycles. The molecule has 2 bridgehead atoms. The van der Waals surface area contributed by atoms with Crippen molar-refractivity contribution >= 4 is 5.97 Å². The molecule has 2 aliphatic rings. The number of hydrogen-bond donors (Lipinski definition) is 1. The minimum atomic E-state index is -2.33. The largest absolute Gasteiger partial charge is 0.481 e. The van der Waals surface area contributed by atoms with Crippen LogP contribution in [0.1, 0.15) is 35.6 Å². The quantitative estimate of drug-likeness (QED) is 0.850. The Morgan fingerprint density at radius 2 is 2.43 bits per heavy atom. The summed E-state index contributed by atoms with van der Waals surface area (Å²) in [7, 11) is 1.51. The van der Waals surface area contributed by atoms with Gasteiger partial charge in [-0.05, 0) is 31.3 Å². The Kier molecular flexibility index (Phi) is 2.38.